The number of likely N-dealkylation sites (tertiary alicyclic amines) is 1. The van der Waals surface area contributed by atoms with Gasteiger partial charge in [-0.05, 0) is 49.7 Å². The van der Waals surface area contributed by atoms with Crippen LogP contribution in [0.2, 0.25) is 0 Å². The SMILES string of the molecule is CNC(=O)C1CCN(Cc2ccc3c(c2)COC3=C2C(=O)Nc3ccc(F)cc32)CC1. The molecule has 5 rings (SSSR count). The number of fused-ring (bicyclic) bond motifs is 2. The van der Waals surface area contributed by atoms with Crippen molar-refractivity contribution < 1.29 is 18.7 Å². The van der Waals surface area contributed by atoms with Crippen LogP contribution in [0.25, 0.3) is 11.3 Å². The Balaban J connectivity index is 1.36. The van der Waals surface area contributed by atoms with Gasteiger partial charge in [-0.25, -0.2) is 4.39 Å². The highest BCUT2D eigenvalue weighted by Gasteiger charge is 2.33. The first kappa shape index (κ1) is 19.8. The van der Waals surface area contributed by atoms with Crippen molar-refractivity contribution in [3.63, 3.8) is 0 Å². The van der Waals surface area contributed by atoms with Crippen molar-refractivity contribution in [1.29, 1.82) is 0 Å². The quantitative estimate of drug-likeness (QED) is 0.747. The molecule has 0 atom stereocenters. The number of nitrogens with zero attached hydrogens (tertiary/aromatic N) is 1. The van der Waals surface area contributed by atoms with Gasteiger partial charge in [0.05, 0.1) is 5.57 Å². The van der Waals surface area contributed by atoms with Gasteiger partial charge in [0.25, 0.3) is 5.91 Å². The van der Waals surface area contributed by atoms with Gasteiger partial charge >= 0.3 is 0 Å². The molecule has 7 heteroatoms. The number of hydrogen-bond donors (Lipinski definition) is 2. The fourth-order valence-corrected chi connectivity index (χ4v) is 4.70. The van der Waals surface area contributed by atoms with Gasteiger partial charge in [-0.3, -0.25) is 14.5 Å². The van der Waals surface area contributed by atoms with Crippen LogP contribution in [-0.4, -0.2) is 36.9 Å². The van der Waals surface area contributed by atoms with E-state index in [-0.39, 0.29) is 23.5 Å². The van der Waals surface area contributed by atoms with Crippen LogP contribution in [-0.2, 0) is 27.5 Å². The molecule has 0 radical (unpaired) electrons. The number of halogens is 1. The number of benzene rings is 2. The third-order valence-electron chi connectivity index (χ3n) is 6.35. The predicted octanol–water partition coefficient (Wildman–Crippen LogP) is 3.13. The minimum absolute atomic E-state index is 0.106. The van der Waals surface area contributed by atoms with Gasteiger partial charge in [-0.1, -0.05) is 18.2 Å². The molecule has 3 aliphatic rings. The summed E-state index contributed by atoms with van der Waals surface area (Å²) >= 11 is 0. The van der Waals surface area contributed by atoms with Crippen LogP contribution >= 0.6 is 0 Å². The van der Waals surface area contributed by atoms with Crippen molar-refractivity contribution in [2.45, 2.75) is 26.0 Å². The molecule has 1 fully saturated rings. The molecule has 0 spiro atoms. The molecule has 2 amide bonds. The number of carbonyl (C=O) groups is 2. The van der Waals surface area contributed by atoms with E-state index in [4.69, 9.17) is 4.74 Å². The molecule has 160 valence electrons. The number of rotatable bonds is 3. The molecule has 3 aliphatic heterocycles. The van der Waals surface area contributed by atoms with Crippen LogP contribution in [0, 0.1) is 11.7 Å². The van der Waals surface area contributed by atoms with E-state index in [1.807, 2.05) is 6.07 Å². The molecule has 0 unspecified atom stereocenters. The monoisotopic (exact) mass is 421 g/mol. The Morgan fingerprint density at radius 3 is 2.77 bits per heavy atom. The normalized spacial score (nSPS) is 20.8. The van der Waals surface area contributed by atoms with Gasteiger partial charge < -0.3 is 15.4 Å². The van der Waals surface area contributed by atoms with E-state index in [9.17, 15) is 14.0 Å². The van der Waals surface area contributed by atoms with Crippen molar-refractivity contribution in [2.75, 3.05) is 25.5 Å². The molecular weight excluding hydrogens is 397 g/mol. The number of piperidine rings is 1. The second-order valence-electron chi connectivity index (χ2n) is 8.29. The Labute approximate surface area is 180 Å². The van der Waals surface area contributed by atoms with Gasteiger partial charge in [0.2, 0.25) is 5.91 Å². The lowest BCUT2D eigenvalue weighted by Crippen LogP contribution is -2.39. The fraction of sp³-hybridized carbons (Fsp3) is 0.333. The number of ether oxygens (including phenoxy) is 1. The highest BCUT2D eigenvalue weighted by molar-refractivity contribution is 6.36. The van der Waals surface area contributed by atoms with Crippen LogP contribution in [0.5, 0.6) is 0 Å². The van der Waals surface area contributed by atoms with Crippen molar-refractivity contribution in [2.24, 2.45) is 5.92 Å². The fourth-order valence-electron chi connectivity index (χ4n) is 4.70. The van der Waals surface area contributed by atoms with Crippen LogP contribution < -0.4 is 10.6 Å². The van der Waals surface area contributed by atoms with Crippen LogP contribution in [0.15, 0.2) is 36.4 Å². The summed E-state index contributed by atoms with van der Waals surface area (Å²) in [6, 6.07) is 10.4. The summed E-state index contributed by atoms with van der Waals surface area (Å²) in [6.45, 7) is 2.99. The number of carbonyl (C=O) groups excluding carboxylic acids is 2. The van der Waals surface area contributed by atoms with Gasteiger partial charge in [0.1, 0.15) is 18.2 Å². The summed E-state index contributed by atoms with van der Waals surface area (Å²) in [4.78, 5) is 26.7. The maximum Gasteiger partial charge on any atom is 0.260 e. The van der Waals surface area contributed by atoms with E-state index < -0.39 is 0 Å². The third kappa shape index (κ3) is 3.59. The molecule has 2 aromatic carbocycles. The predicted molar refractivity (Wildman–Crippen MR) is 115 cm³/mol. The van der Waals surface area contributed by atoms with Crippen molar-refractivity contribution in [3.8, 4) is 0 Å². The molecule has 3 heterocycles. The van der Waals surface area contributed by atoms with Crippen LogP contribution in [0.3, 0.4) is 0 Å². The van der Waals surface area contributed by atoms with Crippen LogP contribution in [0.1, 0.15) is 35.1 Å². The highest BCUT2D eigenvalue weighted by Crippen LogP contribution is 2.42. The molecule has 2 aromatic rings. The first-order chi connectivity index (χ1) is 15.0. The second-order valence-corrected chi connectivity index (χ2v) is 8.29. The zero-order chi connectivity index (χ0) is 21.5. The summed E-state index contributed by atoms with van der Waals surface area (Å²) in [5.74, 6) is 0.0878. The largest absolute Gasteiger partial charge is 0.487 e. The van der Waals surface area contributed by atoms with E-state index in [1.165, 1.54) is 17.7 Å². The summed E-state index contributed by atoms with van der Waals surface area (Å²) in [5, 5.41) is 5.53. The minimum Gasteiger partial charge on any atom is -0.487 e. The van der Waals surface area contributed by atoms with E-state index in [2.05, 4.69) is 27.7 Å². The van der Waals surface area contributed by atoms with E-state index in [0.29, 0.717) is 29.2 Å². The zero-order valence-corrected chi connectivity index (χ0v) is 17.3. The summed E-state index contributed by atoms with van der Waals surface area (Å²) in [6.07, 6.45) is 1.74. The maximum atomic E-state index is 13.8. The number of anilines is 1. The number of amides is 2. The Bertz CT molecular complexity index is 1100. The van der Waals surface area contributed by atoms with Crippen molar-refractivity contribution in [1.82, 2.24) is 10.2 Å². The molecule has 6 nitrogen and oxygen atoms in total. The highest BCUT2D eigenvalue weighted by atomic mass is 19.1. The molecular formula is C24H24FN3O3. The first-order valence-corrected chi connectivity index (χ1v) is 10.6. The second kappa shape index (κ2) is 7.81. The summed E-state index contributed by atoms with van der Waals surface area (Å²) in [7, 11) is 1.69. The minimum atomic E-state index is -0.387. The molecule has 0 aliphatic carbocycles. The molecule has 0 saturated carbocycles. The summed E-state index contributed by atoms with van der Waals surface area (Å²) < 4.78 is 19.7. The zero-order valence-electron chi connectivity index (χ0n) is 17.3. The van der Waals surface area contributed by atoms with Crippen molar-refractivity contribution >= 4 is 28.8 Å². The smallest absolute Gasteiger partial charge is 0.260 e. The average Bonchev–Trinajstić information content (AvgIpc) is 3.32. The Hall–Kier alpha value is -3.19. The standard InChI is InChI=1S/C24H24FN3O3/c1-26-23(29)15-6-8-28(9-7-15)12-14-2-4-18-16(10-14)13-31-22(18)21-19-11-17(25)3-5-20(19)27-24(21)30/h2-5,10-11,15H,6-9,12-13H2,1H3,(H,26,29)(H,27,30). The Morgan fingerprint density at radius 1 is 1.19 bits per heavy atom. The average molecular weight is 421 g/mol. The molecule has 0 aromatic heterocycles. The lowest BCUT2D eigenvalue weighted by Gasteiger charge is -2.31. The number of nitrogens with one attached hydrogen (secondary N) is 2. The maximum absolute atomic E-state index is 13.8. The summed E-state index contributed by atoms with van der Waals surface area (Å²) in [5.41, 5.74) is 4.60. The molecule has 2 N–H and O–H groups in total. The van der Waals surface area contributed by atoms with Crippen molar-refractivity contribution in [3.05, 3.63) is 64.5 Å². The third-order valence-corrected chi connectivity index (χ3v) is 6.35. The lowest BCUT2D eigenvalue weighted by molar-refractivity contribution is -0.126. The lowest BCUT2D eigenvalue weighted by atomic mass is 9.95. The van der Waals surface area contributed by atoms with E-state index in [1.54, 1.807) is 13.1 Å². The van der Waals surface area contributed by atoms with Gasteiger partial charge in [-0.15, -0.1) is 0 Å². The number of hydrogen-bond acceptors (Lipinski definition) is 4. The molecule has 1 saturated heterocycles. The first-order valence-electron chi connectivity index (χ1n) is 10.6. The van der Waals surface area contributed by atoms with E-state index in [0.717, 1.165) is 43.6 Å². The molecule has 31 heavy (non-hydrogen) atoms. The molecule has 0 bridgehead atoms. The van der Waals surface area contributed by atoms with E-state index >= 15 is 0 Å². The van der Waals surface area contributed by atoms with Gasteiger partial charge in [-0.2, -0.15) is 0 Å². The van der Waals surface area contributed by atoms with Gasteiger partial charge in [0, 0.05) is 41.9 Å². The topological polar surface area (TPSA) is 70.7 Å². The Kier molecular flexibility index (Phi) is 4.98. The van der Waals surface area contributed by atoms with Gasteiger partial charge in [0.15, 0.2) is 0 Å². The Morgan fingerprint density at radius 2 is 2.00 bits per heavy atom. The van der Waals surface area contributed by atoms with Crippen LogP contribution in [0.4, 0.5) is 10.1 Å².